The molecular formula is C14H17NO2. The molecule has 0 saturated carbocycles. The van der Waals surface area contributed by atoms with Crippen LogP contribution in [0.2, 0.25) is 0 Å². The van der Waals surface area contributed by atoms with Crippen molar-refractivity contribution in [3.63, 3.8) is 0 Å². The van der Waals surface area contributed by atoms with Gasteiger partial charge in [0.25, 0.3) is 5.91 Å². The molecule has 1 aromatic carbocycles. The summed E-state index contributed by atoms with van der Waals surface area (Å²) in [6, 6.07) is 4.57. The van der Waals surface area contributed by atoms with E-state index in [2.05, 4.69) is 11.2 Å². The number of hydrogen-bond donors (Lipinski definition) is 2. The maximum absolute atomic E-state index is 11.8. The first-order chi connectivity index (χ1) is 8.08. The van der Waals surface area contributed by atoms with Crippen LogP contribution < -0.4 is 5.32 Å². The highest BCUT2D eigenvalue weighted by atomic mass is 16.3. The van der Waals surface area contributed by atoms with Crippen molar-refractivity contribution in [1.82, 2.24) is 5.32 Å². The van der Waals surface area contributed by atoms with Gasteiger partial charge >= 0.3 is 0 Å². The Hall–Kier alpha value is -1.95. The second kappa shape index (κ2) is 5.95. The van der Waals surface area contributed by atoms with Crippen molar-refractivity contribution < 1.29 is 9.90 Å². The second-order valence-corrected chi connectivity index (χ2v) is 3.98. The van der Waals surface area contributed by atoms with E-state index in [1.54, 1.807) is 19.1 Å². The standard InChI is InChI=1S/C14H17NO2/c1-4-6-12(5-2)15-14(17)11-8-7-10(3)13(16)9-11/h2,7-9,12,16H,4,6H2,1,3H3,(H,15,17). The van der Waals surface area contributed by atoms with E-state index in [0.29, 0.717) is 5.56 Å². The highest BCUT2D eigenvalue weighted by Crippen LogP contribution is 2.17. The zero-order valence-electron chi connectivity index (χ0n) is 10.2. The number of phenolic OH excluding ortho intramolecular Hbond substituents is 1. The van der Waals surface area contributed by atoms with Crippen LogP contribution in [0.5, 0.6) is 5.75 Å². The molecule has 0 aromatic heterocycles. The molecule has 3 heteroatoms. The lowest BCUT2D eigenvalue weighted by molar-refractivity contribution is 0.0944. The maximum atomic E-state index is 11.8. The Balaban J connectivity index is 2.76. The topological polar surface area (TPSA) is 49.3 Å². The molecule has 0 fully saturated rings. The van der Waals surface area contributed by atoms with Crippen LogP contribution in [0.15, 0.2) is 18.2 Å². The predicted octanol–water partition coefficient (Wildman–Crippen LogP) is 2.23. The molecule has 1 amide bonds. The molecular weight excluding hydrogens is 214 g/mol. The first kappa shape index (κ1) is 13.1. The zero-order chi connectivity index (χ0) is 12.8. The van der Waals surface area contributed by atoms with Crippen LogP contribution in [-0.2, 0) is 0 Å². The SMILES string of the molecule is C#CC(CCC)NC(=O)c1ccc(C)c(O)c1. The Morgan fingerprint density at radius 2 is 2.29 bits per heavy atom. The van der Waals surface area contributed by atoms with Crippen LogP contribution in [0.1, 0.15) is 35.7 Å². The zero-order valence-corrected chi connectivity index (χ0v) is 10.2. The summed E-state index contributed by atoms with van der Waals surface area (Å²) in [5.74, 6) is 2.40. The van der Waals surface area contributed by atoms with Gasteiger partial charge in [-0.3, -0.25) is 4.79 Å². The van der Waals surface area contributed by atoms with Gasteiger partial charge in [-0.2, -0.15) is 0 Å². The smallest absolute Gasteiger partial charge is 0.252 e. The summed E-state index contributed by atoms with van der Waals surface area (Å²) in [7, 11) is 0. The van der Waals surface area contributed by atoms with Crippen LogP contribution in [0.25, 0.3) is 0 Å². The molecule has 1 rings (SSSR count). The minimum absolute atomic E-state index is 0.116. The van der Waals surface area contributed by atoms with Gasteiger partial charge in [-0.1, -0.05) is 25.3 Å². The number of aromatic hydroxyl groups is 1. The van der Waals surface area contributed by atoms with Gasteiger partial charge in [0.2, 0.25) is 0 Å². The van der Waals surface area contributed by atoms with Crippen LogP contribution in [0.3, 0.4) is 0 Å². The maximum Gasteiger partial charge on any atom is 0.252 e. The predicted molar refractivity (Wildman–Crippen MR) is 67.8 cm³/mol. The van der Waals surface area contributed by atoms with Gasteiger partial charge in [0.1, 0.15) is 5.75 Å². The molecule has 0 bridgehead atoms. The van der Waals surface area contributed by atoms with Crippen molar-refractivity contribution in [3.05, 3.63) is 29.3 Å². The number of carbonyl (C=O) groups excluding carboxylic acids is 1. The van der Waals surface area contributed by atoms with Crippen molar-refractivity contribution >= 4 is 5.91 Å². The lowest BCUT2D eigenvalue weighted by Crippen LogP contribution is -2.33. The largest absolute Gasteiger partial charge is 0.508 e. The first-order valence-corrected chi connectivity index (χ1v) is 5.65. The summed E-state index contributed by atoms with van der Waals surface area (Å²) < 4.78 is 0. The summed E-state index contributed by atoms with van der Waals surface area (Å²) in [6.45, 7) is 3.78. The molecule has 0 aliphatic rings. The molecule has 90 valence electrons. The van der Waals surface area contributed by atoms with E-state index in [1.807, 2.05) is 6.92 Å². The first-order valence-electron chi connectivity index (χ1n) is 5.65. The number of rotatable bonds is 4. The highest BCUT2D eigenvalue weighted by Gasteiger charge is 2.11. The van der Waals surface area contributed by atoms with Crippen molar-refractivity contribution in [2.75, 3.05) is 0 Å². The Morgan fingerprint density at radius 1 is 1.59 bits per heavy atom. The average molecular weight is 231 g/mol. The Bertz CT molecular complexity index is 446. The van der Waals surface area contributed by atoms with Gasteiger partial charge in [-0.05, 0) is 31.0 Å². The summed E-state index contributed by atoms with van der Waals surface area (Å²) in [6.07, 6.45) is 6.99. The van der Waals surface area contributed by atoms with E-state index < -0.39 is 0 Å². The summed E-state index contributed by atoms with van der Waals surface area (Å²) in [5, 5.41) is 12.3. The monoisotopic (exact) mass is 231 g/mol. The van der Waals surface area contributed by atoms with Gasteiger partial charge in [0, 0.05) is 5.56 Å². The van der Waals surface area contributed by atoms with Crippen molar-refractivity contribution in [2.24, 2.45) is 0 Å². The third kappa shape index (κ3) is 3.53. The third-order valence-corrected chi connectivity index (χ3v) is 2.56. The molecule has 0 spiro atoms. The number of carbonyl (C=O) groups is 1. The molecule has 17 heavy (non-hydrogen) atoms. The molecule has 3 nitrogen and oxygen atoms in total. The van der Waals surface area contributed by atoms with E-state index in [9.17, 15) is 9.90 Å². The second-order valence-electron chi connectivity index (χ2n) is 3.98. The fourth-order valence-corrected chi connectivity index (χ4v) is 1.48. The number of nitrogens with one attached hydrogen (secondary N) is 1. The molecule has 2 N–H and O–H groups in total. The van der Waals surface area contributed by atoms with Crippen LogP contribution in [0, 0.1) is 19.3 Å². The van der Waals surface area contributed by atoms with Crippen molar-refractivity contribution in [1.29, 1.82) is 0 Å². The lowest BCUT2D eigenvalue weighted by atomic mass is 10.1. The van der Waals surface area contributed by atoms with Gasteiger partial charge in [0.15, 0.2) is 0 Å². The van der Waals surface area contributed by atoms with Gasteiger partial charge in [0.05, 0.1) is 6.04 Å². The highest BCUT2D eigenvalue weighted by molar-refractivity contribution is 5.95. The molecule has 0 radical (unpaired) electrons. The van der Waals surface area contributed by atoms with E-state index in [-0.39, 0.29) is 17.7 Å². The average Bonchev–Trinajstić information content (AvgIpc) is 2.31. The Morgan fingerprint density at radius 3 is 2.82 bits per heavy atom. The molecule has 1 aromatic rings. The van der Waals surface area contributed by atoms with E-state index >= 15 is 0 Å². The fraction of sp³-hybridized carbons (Fsp3) is 0.357. The van der Waals surface area contributed by atoms with Crippen molar-refractivity contribution in [2.45, 2.75) is 32.7 Å². The number of benzene rings is 1. The lowest BCUT2D eigenvalue weighted by Gasteiger charge is -2.12. The molecule has 0 saturated heterocycles. The van der Waals surface area contributed by atoms with Crippen LogP contribution in [-0.4, -0.2) is 17.1 Å². The van der Waals surface area contributed by atoms with Gasteiger partial charge in [-0.15, -0.1) is 6.42 Å². The van der Waals surface area contributed by atoms with E-state index in [4.69, 9.17) is 6.42 Å². The molecule has 1 unspecified atom stereocenters. The normalized spacial score (nSPS) is 11.6. The van der Waals surface area contributed by atoms with Crippen molar-refractivity contribution in [3.8, 4) is 18.1 Å². The van der Waals surface area contributed by atoms with E-state index in [1.165, 1.54) is 6.07 Å². The molecule has 0 aliphatic carbocycles. The Kier molecular flexibility index (Phi) is 4.59. The number of phenols is 1. The number of terminal acetylenes is 1. The summed E-state index contributed by atoms with van der Waals surface area (Å²) in [5.41, 5.74) is 1.16. The van der Waals surface area contributed by atoms with Crippen LogP contribution in [0.4, 0.5) is 0 Å². The molecule has 1 atom stereocenters. The number of hydrogen-bond acceptors (Lipinski definition) is 2. The summed E-state index contributed by atoms with van der Waals surface area (Å²) >= 11 is 0. The quantitative estimate of drug-likeness (QED) is 0.781. The molecule has 0 aliphatic heterocycles. The number of aryl methyl sites for hydroxylation is 1. The van der Waals surface area contributed by atoms with Crippen LogP contribution >= 0.6 is 0 Å². The minimum Gasteiger partial charge on any atom is -0.508 e. The minimum atomic E-state index is -0.254. The van der Waals surface area contributed by atoms with Gasteiger partial charge < -0.3 is 10.4 Å². The number of amides is 1. The molecule has 0 heterocycles. The Labute approximate surface area is 102 Å². The van der Waals surface area contributed by atoms with E-state index in [0.717, 1.165) is 18.4 Å². The fourth-order valence-electron chi connectivity index (χ4n) is 1.48. The van der Waals surface area contributed by atoms with Gasteiger partial charge in [-0.25, -0.2) is 0 Å². The summed E-state index contributed by atoms with van der Waals surface area (Å²) in [4.78, 5) is 11.8. The third-order valence-electron chi connectivity index (χ3n) is 2.56.